The van der Waals surface area contributed by atoms with Gasteiger partial charge in [-0.2, -0.15) is 0 Å². The molecule has 1 saturated heterocycles. The molecule has 0 saturated carbocycles. The standard InChI is InChI=1S/C23H28F2N2O3/c1-5-30-23(29)17-8-10-26(11-9-17)22(28)21-15(3)14(2)16(4)27(21)13-18-6-7-19(24)12-20(18)25/h6-7,12,17H,5,8-11,13H2,1-4H3. The van der Waals surface area contributed by atoms with Crippen LogP contribution in [-0.4, -0.2) is 41.0 Å². The number of likely N-dealkylation sites (tertiary alicyclic amines) is 1. The van der Waals surface area contributed by atoms with E-state index in [0.29, 0.717) is 43.8 Å². The third kappa shape index (κ3) is 4.25. The predicted molar refractivity (Wildman–Crippen MR) is 109 cm³/mol. The van der Waals surface area contributed by atoms with E-state index in [9.17, 15) is 18.4 Å². The quantitative estimate of drug-likeness (QED) is 0.686. The third-order valence-corrected chi connectivity index (χ3v) is 6.08. The summed E-state index contributed by atoms with van der Waals surface area (Å²) in [5.74, 6) is -1.78. The number of benzene rings is 1. The first-order valence-electron chi connectivity index (χ1n) is 10.3. The van der Waals surface area contributed by atoms with Gasteiger partial charge in [0.05, 0.1) is 19.1 Å². The molecule has 0 unspecified atom stereocenters. The molecule has 1 aromatic heterocycles. The molecule has 0 radical (unpaired) electrons. The van der Waals surface area contributed by atoms with Crippen molar-refractivity contribution < 1.29 is 23.1 Å². The van der Waals surface area contributed by atoms with E-state index in [1.807, 2.05) is 20.8 Å². The first-order chi connectivity index (χ1) is 14.2. The van der Waals surface area contributed by atoms with Crippen LogP contribution in [0.15, 0.2) is 18.2 Å². The zero-order valence-corrected chi connectivity index (χ0v) is 17.9. The number of carbonyl (C=O) groups is 2. The molecule has 2 heterocycles. The van der Waals surface area contributed by atoms with Crippen molar-refractivity contribution in [1.82, 2.24) is 9.47 Å². The summed E-state index contributed by atoms with van der Waals surface area (Å²) in [6.07, 6.45) is 1.13. The normalized spacial score (nSPS) is 14.8. The zero-order chi connectivity index (χ0) is 22.0. The number of hydrogen-bond acceptors (Lipinski definition) is 3. The minimum atomic E-state index is -0.632. The first kappa shape index (κ1) is 22.0. The smallest absolute Gasteiger partial charge is 0.309 e. The van der Waals surface area contributed by atoms with Crippen molar-refractivity contribution >= 4 is 11.9 Å². The number of esters is 1. The lowest BCUT2D eigenvalue weighted by atomic mass is 9.96. The lowest BCUT2D eigenvalue weighted by Crippen LogP contribution is -2.41. The molecule has 0 aliphatic carbocycles. The maximum absolute atomic E-state index is 14.3. The van der Waals surface area contributed by atoms with Crippen LogP contribution in [0.1, 0.15) is 52.6 Å². The number of aromatic nitrogens is 1. The van der Waals surface area contributed by atoms with Crippen molar-refractivity contribution in [3.63, 3.8) is 0 Å². The highest BCUT2D eigenvalue weighted by atomic mass is 19.1. The molecule has 0 atom stereocenters. The number of hydrogen-bond donors (Lipinski definition) is 0. The van der Waals surface area contributed by atoms with Crippen LogP contribution in [0.4, 0.5) is 8.78 Å². The Labute approximate surface area is 175 Å². The maximum atomic E-state index is 14.3. The highest BCUT2D eigenvalue weighted by Gasteiger charge is 2.31. The third-order valence-electron chi connectivity index (χ3n) is 6.08. The van der Waals surface area contributed by atoms with Crippen LogP contribution < -0.4 is 0 Å². The summed E-state index contributed by atoms with van der Waals surface area (Å²) >= 11 is 0. The average Bonchev–Trinajstić information content (AvgIpc) is 2.93. The summed E-state index contributed by atoms with van der Waals surface area (Å²) in [4.78, 5) is 27.1. The lowest BCUT2D eigenvalue weighted by molar-refractivity contribution is -0.149. The Hall–Kier alpha value is -2.70. The second-order valence-corrected chi connectivity index (χ2v) is 7.82. The van der Waals surface area contributed by atoms with Gasteiger partial charge in [-0.3, -0.25) is 9.59 Å². The topological polar surface area (TPSA) is 51.5 Å². The second kappa shape index (κ2) is 8.98. The zero-order valence-electron chi connectivity index (χ0n) is 17.9. The summed E-state index contributed by atoms with van der Waals surface area (Å²) in [5, 5.41) is 0. The average molecular weight is 418 g/mol. The molecule has 1 amide bonds. The lowest BCUT2D eigenvalue weighted by Gasteiger charge is -2.31. The molecular formula is C23H28F2N2O3. The summed E-state index contributed by atoms with van der Waals surface area (Å²) in [5.41, 5.74) is 3.55. The highest BCUT2D eigenvalue weighted by molar-refractivity contribution is 5.95. The van der Waals surface area contributed by atoms with Gasteiger partial charge in [-0.25, -0.2) is 8.78 Å². The van der Waals surface area contributed by atoms with Crippen LogP contribution in [0, 0.1) is 38.3 Å². The number of halogens is 2. The number of piperidine rings is 1. The number of amides is 1. The van der Waals surface area contributed by atoms with Gasteiger partial charge in [0.25, 0.3) is 5.91 Å². The van der Waals surface area contributed by atoms with E-state index in [1.54, 1.807) is 16.4 Å². The molecule has 2 aromatic rings. The molecule has 1 aromatic carbocycles. The van der Waals surface area contributed by atoms with Crippen molar-refractivity contribution in [2.45, 2.75) is 47.1 Å². The SMILES string of the molecule is CCOC(=O)C1CCN(C(=O)c2c(C)c(C)c(C)n2Cc2ccc(F)cc2F)CC1. The van der Waals surface area contributed by atoms with Crippen LogP contribution >= 0.6 is 0 Å². The molecule has 5 nitrogen and oxygen atoms in total. The fourth-order valence-electron chi connectivity index (χ4n) is 4.04. The number of carbonyl (C=O) groups excluding carboxylic acids is 2. The Morgan fingerprint density at radius 2 is 1.77 bits per heavy atom. The number of rotatable bonds is 5. The number of nitrogens with zero attached hydrogens (tertiary/aromatic N) is 2. The van der Waals surface area contributed by atoms with E-state index in [4.69, 9.17) is 4.74 Å². The second-order valence-electron chi connectivity index (χ2n) is 7.82. The fraction of sp³-hybridized carbons (Fsp3) is 0.478. The van der Waals surface area contributed by atoms with Gasteiger partial charge in [-0.15, -0.1) is 0 Å². The number of ether oxygens (including phenoxy) is 1. The Morgan fingerprint density at radius 1 is 1.10 bits per heavy atom. The van der Waals surface area contributed by atoms with Gasteiger partial charge < -0.3 is 14.2 Å². The minimum Gasteiger partial charge on any atom is -0.466 e. The molecule has 0 N–H and O–H groups in total. The monoisotopic (exact) mass is 418 g/mol. The summed E-state index contributed by atoms with van der Waals surface area (Å²) in [7, 11) is 0. The Kier molecular flexibility index (Phi) is 6.58. The van der Waals surface area contributed by atoms with Crippen LogP contribution in [0.2, 0.25) is 0 Å². The molecule has 7 heteroatoms. The Balaban J connectivity index is 1.84. The first-order valence-corrected chi connectivity index (χ1v) is 10.3. The van der Waals surface area contributed by atoms with Crippen molar-refractivity contribution in [2.75, 3.05) is 19.7 Å². The van der Waals surface area contributed by atoms with Crippen LogP contribution in [-0.2, 0) is 16.1 Å². The van der Waals surface area contributed by atoms with E-state index in [-0.39, 0.29) is 24.3 Å². The molecule has 162 valence electrons. The van der Waals surface area contributed by atoms with Crippen molar-refractivity contribution in [3.05, 3.63) is 57.9 Å². The van der Waals surface area contributed by atoms with Crippen molar-refractivity contribution in [1.29, 1.82) is 0 Å². The van der Waals surface area contributed by atoms with Gasteiger partial charge in [0.15, 0.2) is 0 Å². The molecule has 1 aliphatic rings. The minimum absolute atomic E-state index is 0.131. The van der Waals surface area contributed by atoms with Crippen LogP contribution in [0.25, 0.3) is 0 Å². The summed E-state index contributed by atoms with van der Waals surface area (Å²) in [6, 6.07) is 3.49. The van der Waals surface area contributed by atoms with E-state index in [2.05, 4.69) is 0 Å². The molecule has 0 spiro atoms. The van der Waals surface area contributed by atoms with Gasteiger partial charge in [0.2, 0.25) is 0 Å². The van der Waals surface area contributed by atoms with E-state index < -0.39 is 11.6 Å². The molecule has 0 bridgehead atoms. The largest absolute Gasteiger partial charge is 0.466 e. The summed E-state index contributed by atoms with van der Waals surface area (Å²) < 4.78 is 34.4. The van der Waals surface area contributed by atoms with Crippen LogP contribution in [0.5, 0.6) is 0 Å². The van der Waals surface area contributed by atoms with Gasteiger partial charge in [0, 0.05) is 30.4 Å². The van der Waals surface area contributed by atoms with Gasteiger partial charge in [0.1, 0.15) is 17.3 Å². The molecule has 1 fully saturated rings. The van der Waals surface area contributed by atoms with E-state index in [0.717, 1.165) is 22.9 Å². The van der Waals surface area contributed by atoms with Gasteiger partial charge in [-0.05, 0) is 57.7 Å². The van der Waals surface area contributed by atoms with Crippen LogP contribution in [0.3, 0.4) is 0 Å². The van der Waals surface area contributed by atoms with Gasteiger partial charge in [-0.1, -0.05) is 6.07 Å². The highest BCUT2D eigenvalue weighted by Crippen LogP contribution is 2.27. The van der Waals surface area contributed by atoms with Crippen molar-refractivity contribution in [3.8, 4) is 0 Å². The van der Waals surface area contributed by atoms with E-state index in [1.165, 1.54) is 12.1 Å². The predicted octanol–water partition coefficient (Wildman–Crippen LogP) is 4.16. The maximum Gasteiger partial charge on any atom is 0.309 e. The Bertz CT molecular complexity index is 960. The van der Waals surface area contributed by atoms with E-state index >= 15 is 0 Å². The molecule has 30 heavy (non-hydrogen) atoms. The molecule has 1 aliphatic heterocycles. The fourth-order valence-corrected chi connectivity index (χ4v) is 4.04. The summed E-state index contributed by atoms with van der Waals surface area (Å²) in [6.45, 7) is 8.93. The molecular weight excluding hydrogens is 390 g/mol. The van der Waals surface area contributed by atoms with Crippen molar-refractivity contribution in [2.24, 2.45) is 5.92 Å². The Morgan fingerprint density at radius 3 is 2.37 bits per heavy atom. The van der Waals surface area contributed by atoms with Gasteiger partial charge >= 0.3 is 5.97 Å². The molecule has 3 rings (SSSR count).